The molecule has 0 aliphatic carbocycles. The minimum absolute atomic E-state index is 0.197. The third-order valence-electron chi connectivity index (χ3n) is 2.56. The molecular formula is C12H12FNO4. The van der Waals surface area contributed by atoms with Crippen LogP contribution in [0.1, 0.15) is 18.5 Å². The summed E-state index contributed by atoms with van der Waals surface area (Å²) in [4.78, 5) is 22.8. The summed E-state index contributed by atoms with van der Waals surface area (Å²) in [6, 6.07) is 4.82. The third-order valence-corrected chi connectivity index (χ3v) is 2.56. The predicted octanol–water partition coefficient (Wildman–Crippen LogP) is 1.54. The molecule has 2 atom stereocenters. The first kappa shape index (κ1) is 12.3. The van der Waals surface area contributed by atoms with Crippen molar-refractivity contribution in [3.05, 3.63) is 35.6 Å². The molecule has 1 aromatic carbocycles. The van der Waals surface area contributed by atoms with E-state index >= 15 is 0 Å². The maximum absolute atomic E-state index is 12.8. The number of cyclic esters (lactones) is 1. The number of hydrogen-bond donors (Lipinski definition) is 1. The van der Waals surface area contributed by atoms with Crippen molar-refractivity contribution in [1.82, 2.24) is 5.32 Å². The quantitative estimate of drug-likeness (QED) is 0.830. The van der Waals surface area contributed by atoms with Crippen LogP contribution in [-0.2, 0) is 14.3 Å². The van der Waals surface area contributed by atoms with Gasteiger partial charge in [0.05, 0.1) is 6.61 Å². The Balaban J connectivity index is 2.21. The molecule has 96 valence electrons. The lowest BCUT2D eigenvalue weighted by molar-refractivity contribution is -0.152. The van der Waals surface area contributed by atoms with Gasteiger partial charge in [-0.2, -0.15) is 0 Å². The lowest BCUT2D eigenvalue weighted by atomic mass is 10.0. The Morgan fingerprint density at radius 1 is 1.44 bits per heavy atom. The Labute approximate surface area is 103 Å². The van der Waals surface area contributed by atoms with Gasteiger partial charge in [0.25, 0.3) is 0 Å². The molecule has 1 N–H and O–H groups in total. The lowest BCUT2D eigenvalue weighted by Gasteiger charge is -2.15. The molecule has 0 aromatic heterocycles. The number of hydrogen-bond acceptors (Lipinski definition) is 4. The van der Waals surface area contributed by atoms with Gasteiger partial charge in [0, 0.05) is 0 Å². The molecule has 6 heteroatoms. The molecule has 2 rings (SSSR count). The van der Waals surface area contributed by atoms with Crippen molar-refractivity contribution in [2.75, 3.05) is 6.61 Å². The van der Waals surface area contributed by atoms with Gasteiger partial charge in [-0.25, -0.2) is 14.0 Å². The molecule has 0 saturated carbocycles. The smallest absolute Gasteiger partial charge is 0.408 e. The van der Waals surface area contributed by atoms with E-state index in [1.165, 1.54) is 24.3 Å². The molecule has 0 spiro atoms. The van der Waals surface area contributed by atoms with Gasteiger partial charge in [0.15, 0.2) is 0 Å². The number of carbonyl (C=O) groups excluding carboxylic acids is 2. The van der Waals surface area contributed by atoms with Crippen molar-refractivity contribution >= 4 is 12.1 Å². The number of rotatable bonds is 3. The highest BCUT2D eigenvalue weighted by Crippen LogP contribution is 2.25. The van der Waals surface area contributed by atoms with Crippen LogP contribution < -0.4 is 5.32 Å². The van der Waals surface area contributed by atoms with E-state index in [-0.39, 0.29) is 6.61 Å². The average Bonchev–Trinajstić information content (AvgIpc) is 2.73. The molecule has 1 aliphatic rings. The molecular weight excluding hydrogens is 241 g/mol. The van der Waals surface area contributed by atoms with E-state index in [1.54, 1.807) is 6.92 Å². The van der Waals surface area contributed by atoms with Crippen molar-refractivity contribution in [3.63, 3.8) is 0 Å². The van der Waals surface area contributed by atoms with Crippen LogP contribution in [0.25, 0.3) is 0 Å². The van der Waals surface area contributed by atoms with Crippen LogP contribution in [0, 0.1) is 5.82 Å². The Hall–Kier alpha value is -2.11. The van der Waals surface area contributed by atoms with Crippen LogP contribution in [0.5, 0.6) is 0 Å². The molecule has 0 bridgehead atoms. The fourth-order valence-corrected chi connectivity index (χ4v) is 1.76. The maximum atomic E-state index is 12.8. The summed E-state index contributed by atoms with van der Waals surface area (Å²) in [6.07, 6.45) is -1.73. The Morgan fingerprint density at radius 3 is 2.72 bits per heavy atom. The zero-order chi connectivity index (χ0) is 13.1. The molecule has 1 amide bonds. The number of amides is 1. The summed E-state index contributed by atoms with van der Waals surface area (Å²) >= 11 is 0. The summed E-state index contributed by atoms with van der Waals surface area (Å²) in [5.74, 6) is -1.01. The van der Waals surface area contributed by atoms with Crippen molar-refractivity contribution in [2.45, 2.75) is 19.1 Å². The van der Waals surface area contributed by atoms with E-state index in [4.69, 9.17) is 9.47 Å². The van der Waals surface area contributed by atoms with E-state index < -0.39 is 30.0 Å². The number of halogens is 1. The second-order valence-corrected chi connectivity index (χ2v) is 3.75. The SMILES string of the molecule is CCOC(=O)[C@@H]1OC(=O)N[C@H]1c1ccc(F)cc1. The van der Waals surface area contributed by atoms with Crippen molar-refractivity contribution in [2.24, 2.45) is 0 Å². The van der Waals surface area contributed by atoms with Crippen LogP contribution in [0.3, 0.4) is 0 Å². The summed E-state index contributed by atoms with van der Waals surface area (Å²) in [7, 11) is 0. The van der Waals surface area contributed by atoms with Crippen LogP contribution in [0.4, 0.5) is 9.18 Å². The fourth-order valence-electron chi connectivity index (χ4n) is 1.76. The lowest BCUT2D eigenvalue weighted by Crippen LogP contribution is -2.30. The van der Waals surface area contributed by atoms with Crippen LogP contribution in [0.15, 0.2) is 24.3 Å². The normalized spacial score (nSPS) is 22.2. The summed E-state index contributed by atoms with van der Waals surface area (Å²) in [5, 5.41) is 2.49. The largest absolute Gasteiger partial charge is 0.463 e. The van der Waals surface area contributed by atoms with Crippen molar-refractivity contribution in [1.29, 1.82) is 0 Å². The number of carbonyl (C=O) groups is 2. The van der Waals surface area contributed by atoms with Crippen LogP contribution in [-0.4, -0.2) is 24.8 Å². The molecule has 1 fully saturated rings. The highest BCUT2D eigenvalue weighted by atomic mass is 19.1. The zero-order valence-corrected chi connectivity index (χ0v) is 9.68. The van der Waals surface area contributed by atoms with Gasteiger partial charge in [0.2, 0.25) is 6.10 Å². The molecule has 0 radical (unpaired) electrons. The molecule has 1 heterocycles. The number of alkyl carbamates (subject to hydrolysis) is 1. The predicted molar refractivity (Wildman–Crippen MR) is 59.2 cm³/mol. The summed E-state index contributed by atoms with van der Waals surface area (Å²) in [6.45, 7) is 1.86. The second kappa shape index (κ2) is 5.03. The zero-order valence-electron chi connectivity index (χ0n) is 9.68. The van der Waals surface area contributed by atoms with Gasteiger partial charge in [0.1, 0.15) is 11.9 Å². The van der Waals surface area contributed by atoms with Gasteiger partial charge in [-0.1, -0.05) is 12.1 Å². The highest BCUT2D eigenvalue weighted by molar-refractivity contribution is 5.83. The summed E-state index contributed by atoms with van der Waals surface area (Å²) < 4.78 is 22.5. The number of ether oxygens (including phenoxy) is 2. The maximum Gasteiger partial charge on any atom is 0.408 e. The number of nitrogens with one attached hydrogen (secondary N) is 1. The molecule has 5 nitrogen and oxygen atoms in total. The Bertz CT molecular complexity index is 460. The van der Waals surface area contributed by atoms with Gasteiger partial charge >= 0.3 is 12.1 Å². The van der Waals surface area contributed by atoms with E-state index in [0.717, 1.165) is 0 Å². The monoisotopic (exact) mass is 253 g/mol. The van der Waals surface area contributed by atoms with E-state index in [9.17, 15) is 14.0 Å². The van der Waals surface area contributed by atoms with Gasteiger partial charge in [-0.05, 0) is 24.6 Å². The van der Waals surface area contributed by atoms with Crippen LogP contribution in [0.2, 0.25) is 0 Å². The van der Waals surface area contributed by atoms with Crippen molar-refractivity contribution < 1.29 is 23.5 Å². The van der Waals surface area contributed by atoms with E-state index in [1.807, 2.05) is 0 Å². The minimum Gasteiger partial charge on any atom is -0.463 e. The molecule has 18 heavy (non-hydrogen) atoms. The Morgan fingerprint density at radius 2 is 2.11 bits per heavy atom. The van der Waals surface area contributed by atoms with Gasteiger partial charge in [-0.3, -0.25) is 0 Å². The molecule has 1 saturated heterocycles. The standard InChI is InChI=1S/C12H12FNO4/c1-2-17-11(15)10-9(14-12(16)18-10)7-3-5-8(13)6-4-7/h3-6,9-10H,2H2,1H3,(H,14,16)/t9-,10+/m0/s1. The highest BCUT2D eigenvalue weighted by Gasteiger charge is 2.41. The minimum atomic E-state index is -1.04. The van der Waals surface area contributed by atoms with Crippen molar-refractivity contribution in [3.8, 4) is 0 Å². The first-order valence-corrected chi connectivity index (χ1v) is 5.51. The van der Waals surface area contributed by atoms with Gasteiger partial charge in [-0.15, -0.1) is 0 Å². The first-order valence-electron chi connectivity index (χ1n) is 5.51. The fraction of sp³-hybridized carbons (Fsp3) is 0.333. The first-order chi connectivity index (χ1) is 8.61. The summed E-state index contributed by atoms with van der Waals surface area (Å²) in [5.41, 5.74) is 0.584. The van der Waals surface area contributed by atoms with E-state index in [0.29, 0.717) is 5.56 Å². The molecule has 1 aliphatic heterocycles. The molecule has 0 unspecified atom stereocenters. The van der Waals surface area contributed by atoms with Crippen LogP contribution >= 0.6 is 0 Å². The molecule has 1 aromatic rings. The van der Waals surface area contributed by atoms with Gasteiger partial charge < -0.3 is 14.8 Å². The second-order valence-electron chi connectivity index (χ2n) is 3.75. The number of esters is 1. The Kier molecular flexibility index (Phi) is 3.45. The van der Waals surface area contributed by atoms with E-state index in [2.05, 4.69) is 5.32 Å². The number of benzene rings is 1. The third kappa shape index (κ3) is 2.42. The average molecular weight is 253 g/mol. The topological polar surface area (TPSA) is 64.6 Å².